The summed E-state index contributed by atoms with van der Waals surface area (Å²) in [5.41, 5.74) is 0.0932. The molecule has 16 heavy (non-hydrogen) atoms. The van der Waals surface area contributed by atoms with Crippen molar-refractivity contribution in [3.8, 4) is 0 Å². The van der Waals surface area contributed by atoms with Gasteiger partial charge in [0, 0.05) is 28.0 Å². The monoisotopic (exact) mass is 240 g/mol. The average molecular weight is 240 g/mol. The number of allylic oxidation sites excluding steroid dienone is 2. The van der Waals surface area contributed by atoms with Crippen LogP contribution in [0.2, 0.25) is 0 Å². The van der Waals surface area contributed by atoms with Crippen LogP contribution < -0.4 is 0 Å². The molecule has 5 heteroatoms. The first kappa shape index (κ1) is 10.9. The van der Waals surface area contributed by atoms with E-state index in [1.807, 2.05) is 0 Å². The molecule has 1 unspecified atom stereocenters. The Morgan fingerprint density at radius 2 is 1.75 bits per heavy atom. The van der Waals surface area contributed by atoms with Gasteiger partial charge in [0.2, 0.25) is 0 Å². The number of carbonyl (C=O) groups excluding carboxylic acids is 1. The van der Waals surface area contributed by atoms with Crippen molar-refractivity contribution in [2.75, 3.05) is 0 Å². The van der Waals surface area contributed by atoms with Gasteiger partial charge in [0.05, 0.1) is 10.8 Å². The van der Waals surface area contributed by atoms with Crippen LogP contribution in [0, 0.1) is 11.6 Å². The van der Waals surface area contributed by atoms with E-state index >= 15 is 0 Å². The molecule has 0 aromatic heterocycles. The topological polar surface area (TPSA) is 34.1 Å². The minimum absolute atomic E-state index is 0.0905. The van der Waals surface area contributed by atoms with Gasteiger partial charge in [0.1, 0.15) is 11.6 Å². The molecule has 0 spiro atoms. The van der Waals surface area contributed by atoms with Crippen LogP contribution >= 0.6 is 0 Å². The number of halogens is 2. The van der Waals surface area contributed by atoms with E-state index in [1.165, 1.54) is 16.9 Å². The van der Waals surface area contributed by atoms with Crippen molar-refractivity contribution in [2.45, 2.75) is 0 Å². The van der Waals surface area contributed by atoms with Crippen LogP contribution in [0.4, 0.5) is 8.78 Å². The summed E-state index contributed by atoms with van der Waals surface area (Å²) in [6, 6.07) is 2.58. The number of Topliss-reactive ketones (excluding diaryl/α,β-unsaturated/α-hetero) is 1. The van der Waals surface area contributed by atoms with E-state index in [1.54, 1.807) is 0 Å². The Kier molecular flexibility index (Phi) is 2.78. The van der Waals surface area contributed by atoms with Crippen molar-refractivity contribution in [3.63, 3.8) is 0 Å². The smallest absolute Gasteiger partial charge is 0.193 e. The van der Waals surface area contributed by atoms with Crippen molar-refractivity contribution in [1.29, 1.82) is 0 Å². The number of rotatable bonds is 2. The summed E-state index contributed by atoms with van der Waals surface area (Å²) in [5.74, 6) is -2.17. The van der Waals surface area contributed by atoms with E-state index in [-0.39, 0.29) is 11.1 Å². The van der Waals surface area contributed by atoms with Gasteiger partial charge >= 0.3 is 0 Å². The fourth-order valence-electron chi connectivity index (χ4n) is 1.32. The first-order chi connectivity index (χ1) is 7.56. The summed E-state index contributed by atoms with van der Waals surface area (Å²) in [6.07, 6.45) is 1.38. The molecule has 2 rings (SSSR count). The normalized spacial score (nSPS) is 18.6. The number of hydrogen-bond donors (Lipinski definition) is 0. The van der Waals surface area contributed by atoms with Gasteiger partial charge in [-0.2, -0.15) is 0 Å². The number of carbonyl (C=O) groups is 1. The number of hydrogen-bond acceptors (Lipinski definition) is 2. The molecule has 0 amide bonds. The molecule has 0 radical (unpaired) electrons. The SMILES string of the molecule is O=C(C1=CS(=O)C=C1)c1cc(F)cc(F)c1. The van der Waals surface area contributed by atoms with Crippen molar-refractivity contribution < 1.29 is 17.8 Å². The summed E-state index contributed by atoms with van der Waals surface area (Å²) in [5, 5.41) is 2.58. The third-order valence-electron chi connectivity index (χ3n) is 2.01. The fourth-order valence-corrected chi connectivity index (χ4v) is 2.12. The zero-order chi connectivity index (χ0) is 11.7. The molecule has 1 heterocycles. The largest absolute Gasteiger partial charge is 0.289 e. The minimum Gasteiger partial charge on any atom is -0.289 e. The lowest BCUT2D eigenvalue weighted by atomic mass is 10.0. The van der Waals surface area contributed by atoms with Gasteiger partial charge in [-0.1, -0.05) is 0 Å². The lowest BCUT2D eigenvalue weighted by molar-refractivity contribution is 0.103. The van der Waals surface area contributed by atoms with Crippen LogP contribution in [-0.2, 0) is 10.8 Å². The molecule has 0 N–H and O–H groups in total. The minimum atomic E-state index is -1.31. The van der Waals surface area contributed by atoms with Crippen LogP contribution in [0.5, 0.6) is 0 Å². The molecule has 1 atom stereocenters. The molecule has 0 bridgehead atoms. The lowest BCUT2D eigenvalue weighted by Crippen LogP contribution is -2.02. The second-order valence-corrected chi connectivity index (χ2v) is 4.36. The van der Waals surface area contributed by atoms with Gasteiger partial charge in [-0.05, 0) is 18.2 Å². The summed E-state index contributed by atoms with van der Waals surface area (Å²) >= 11 is 0. The highest BCUT2D eigenvalue weighted by molar-refractivity contribution is 7.91. The third-order valence-corrected chi connectivity index (χ3v) is 2.90. The lowest BCUT2D eigenvalue weighted by Gasteiger charge is -2.00. The Labute approximate surface area is 92.7 Å². The molecule has 82 valence electrons. The van der Waals surface area contributed by atoms with E-state index in [0.29, 0.717) is 6.07 Å². The Balaban J connectivity index is 2.38. The van der Waals surface area contributed by atoms with Gasteiger partial charge < -0.3 is 0 Å². The van der Waals surface area contributed by atoms with Gasteiger partial charge in [-0.3, -0.25) is 9.00 Å². The van der Waals surface area contributed by atoms with E-state index in [4.69, 9.17) is 0 Å². The first-order valence-corrected chi connectivity index (χ1v) is 5.64. The van der Waals surface area contributed by atoms with Gasteiger partial charge in [-0.25, -0.2) is 8.78 Å². The molecule has 1 aromatic carbocycles. The second-order valence-electron chi connectivity index (χ2n) is 3.19. The highest BCUT2D eigenvalue weighted by Crippen LogP contribution is 2.17. The molecule has 2 nitrogen and oxygen atoms in total. The maximum atomic E-state index is 12.9. The molecule has 0 saturated carbocycles. The maximum Gasteiger partial charge on any atom is 0.193 e. The zero-order valence-corrected chi connectivity index (χ0v) is 8.76. The zero-order valence-electron chi connectivity index (χ0n) is 7.94. The highest BCUT2D eigenvalue weighted by atomic mass is 32.2. The van der Waals surface area contributed by atoms with Crippen molar-refractivity contribution in [1.82, 2.24) is 0 Å². The number of benzene rings is 1. The second kappa shape index (κ2) is 4.09. The van der Waals surface area contributed by atoms with Crippen LogP contribution in [0.25, 0.3) is 0 Å². The number of ketones is 1. The first-order valence-electron chi connectivity index (χ1n) is 4.36. The van der Waals surface area contributed by atoms with Crippen molar-refractivity contribution in [2.24, 2.45) is 0 Å². The summed E-state index contributed by atoms with van der Waals surface area (Å²) < 4.78 is 36.7. The summed E-state index contributed by atoms with van der Waals surface area (Å²) in [7, 11) is -1.31. The predicted octanol–water partition coefficient (Wildman–Crippen LogP) is 2.31. The van der Waals surface area contributed by atoms with Crippen LogP contribution in [-0.4, -0.2) is 9.99 Å². The van der Waals surface area contributed by atoms with E-state index in [9.17, 15) is 17.8 Å². The average Bonchev–Trinajstić information content (AvgIpc) is 2.62. The van der Waals surface area contributed by atoms with E-state index < -0.39 is 28.2 Å². The van der Waals surface area contributed by atoms with E-state index in [2.05, 4.69) is 0 Å². The molecule has 1 aromatic rings. The molecular formula is C11H6F2O2S. The molecule has 0 aliphatic carbocycles. The van der Waals surface area contributed by atoms with Crippen molar-refractivity contribution >= 4 is 16.6 Å². The van der Waals surface area contributed by atoms with Gasteiger partial charge in [0.15, 0.2) is 5.78 Å². The Bertz CT molecular complexity index is 527. The van der Waals surface area contributed by atoms with Crippen molar-refractivity contribution in [3.05, 3.63) is 57.9 Å². The van der Waals surface area contributed by atoms with Gasteiger partial charge in [0.25, 0.3) is 0 Å². The summed E-state index contributed by atoms with van der Waals surface area (Å²) in [6.45, 7) is 0. The Morgan fingerprint density at radius 3 is 2.25 bits per heavy atom. The molecular weight excluding hydrogens is 234 g/mol. The molecule has 1 aliphatic heterocycles. The maximum absolute atomic E-state index is 12.9. The molecule has 0 saturated heterocycles. The standard InChI is InChI=1S/C11H6F2O2S/c12-9-3-8(4-10(13)5-9)11(14)7-1-2-16(15)6-7/h1-6H. The Hall–Kier alpha value is -1.62. The molecule has 0 fully saturated rings. The van der Waals surface area contributed by atoms with Gasteiger partial charge in [-0.15, -0.1) is 0 Å². The molecule has 1 aliphatic rings. The predicted molar refractivity (Wildman–Crippen MR) is 56.1 cm³/mol. The fraction of sp³-hybridized carbons (Fsp3) is 0. The van der Waals surface area contributed by atoms with Crippen LogP contribution in [0.15, 0.2) is 40.7 Å². The summed E-state index contributed by atoms with van der Waals surface area (Å²) in [4.78, 5) is 11.7. The quantitative estimate of drug-likeness (QED) is 0.743. The van der Waals surface area contributed by atoms with Crippen LogP contribution in [0.3, 0.4) is 0 Å². The third kappa shape index (κ3) is 2.14. The van der Waals surface area contributed by atoms with Crippen LogP contribution in [0.1, 0.15) is 10.4 Å². The van der Waals surface area contributed by atoms with E-state index in [0.717, 1.165) is 12.1 Å². The highest BCUT2D eigenvalue weighted by Gasteiger charge is 2.16. The Morgan fingerprint density at radius 1 is 1.12 bits per heavy atom.